The molecule has 2 aromatic heterocycles. The first-order valence-corrected chi connectivity index (χ1v) is 7.61. The summed E-state index contributed by atoms with van der Waals surface area (Å²) in [6.07, 6.45) is 10.3. The van der Waals surface area contributed by atoms with Crippen molar-refractivity contribution in [2.24, 2.45) is 0 Å². The molecule has 21 heavy (non-hydrogen) atoms. The van der Waals surface area contributed by atoms with Crippen LogP contribution >= 0.6 is 0 Å². The number of anilines is 1. The highest BCUT2D eigenvalue weighted by Crippen LogP contribution is 2.16. The molecule has 1 N–H and O–H groups in total. The third-order valence-electron chi connectivity index (χ3n) is 3.82. The van der Waals surface area contributed by atoms with Crippen LogP contribution in [0.4, 0.5) is 5.69 Å². The van der Waals surface area contributed by atoms with Gasteiger partial charge in [0, 0.05) is 25.0 Å². The number of ether oxygens (including phenoxy) is 1. The second-order valence-electron chi connectivity index (χ2n) is 5.83. The van der Waals surface area contributed by atoms with Crippen molar-refractivity contribution in [1.29, 1.82) is 0 Å². The smallest absolute Gasteiger partial charge is 0.0951 e. The van der Waals surface area contributed by atoms with E-state index in [9.17, 15) is 0 Å². The topological polar surface area (TPSA) is 56.9 Å². The molecular weight excluding hydrogens is 266 g/mol. The number of imidazole rings is 1. The normalized spacial score (nSPS) is 18.5. The standard InChI is InChI=1S/C15H23N5O/c1-12(2)20-11-16-7-14(20)8-17-13-6-18-19(9-13)10-15-4-3-5-21-15/h6-7,9,11-12,15,17H,3-5,8,10H2,1-2H3. The number of nitrogens with one attached hydrogen (secondary N) is 1. The average Bonchev–Trinajstić information content (AvgIpc) is 3.18. The van der Waals surface area contributed by atoms with Crippen LogP contribution in [0.3, 0.4) is 0 Å². The Labute approximate surface area is 125 Å². The van der Waals surface area contributed by atoms with E-state index >= 15 is 0 Å². The van der Waals surface area contributed by atoms with Crippen LogP contribution in [0.25, 0.3) is 0 Å². The minimum atomic E-state index is 0.320. The van der Waals surface area contributed by atoms with Crippen molar-refractivity contribution in [2.75, 3.05) is 11.9 Å². The third-order valence-corrected chi connectivity index (χ3v) is 3.82. The van der Waals surface area contributed by atoms with Gasteiger partial charge in [-0.2, -0.15) is 5.10 Å². The summed E-state index contributed by atoms with van der Waals surface area (Å²) in [6, 6.07) is 0.423. The Bertz CT molecular complexity index is 568. The van der Waals surface area contributed by atoms with Crippen molar-refractivity contribution in [2.45, 2.75) is 51.9 Å². The molecule has 6 nitrogen and oxygen atoms in total. The second kappa shape index (κ2) is 6.30. The van der Waals surface area contributed by atoms with Gasteiger partial charge in [0.1, 0.15) is 0 Å². The highest BCUT2D eigenvalue weighted by molar-refractivity contribution is 5.38. The summed E-state index contributed by atoms with van der Waals surface area (Å²) in [5.74, 6) is 0. The SMILES string of the molecule is CC(C)n1cncc1CNc1cnn(CC2CCCO2)c1. The van der Waals surface area contributed by atoms with Gasteiger partial charge >= 0.3 is 0 Å². The highest BCUT2D eigenvalue weighted by Gasteiger charge is 2.16. The number of nitrogens with zero attached hydrogens (tertiary/aromatic N) is 4. The summed E-state index contributed by atoms with van der Waals surface area (Å²) in [5, 5.41) is 7.79. The molecule has 0 spiro atoms. The molecule has 6 heteroatoms. The molecule has 2 aromatic rings. The fourth-order valence-corrected chi connectivity index (χ4v) is 2.68. The van der Waals surface area contributed by atoms with Gasteiger partial charge in [0.2, 0.25) is 0 Å². The van der Waals surface area contributed by atoms with E-state index in [0.29, 0.717) is 12.1 Å². The zero-order valence-corrected chi connectivity index (χ0v) is 12.7. The van der Waals surface area contributed by atoms with Crippen LogP contribution in [0.5, 0.6) is 0 Å². The molecular formula is C15H23N5O. The lowest BCUT2D eigenvalue weighted by Gasteiger charge is -2.12. The van der Waals surface area contributed by atoms with Crippen LogP contribution in [-0.2, 0) is 17.8 Å². The van der Waals surface area contributed by atoms with Gasteiger partial charge in [-0.1, -0.05) is 0 Å². The Kier molecular flexibility index (Phi) is 4.24. The van der Waals surface area contributed by atoms with Crippen LogP contribution in [-0.4, -0.2) is 32.0 Å². The lowest BCUT2D eigenvalue weighted by molar-refractivity contribution is 0.0940. The minimum Gasteiger partial charge on any atom is -0.377 e. The van der Waals surface area contributed by atoms with Gasteiger partial charge in [0.25, 0.3) is 0 Å². The number of aromatic nitrogens is 4. The van der Waals surface area contributed by atoms with E-state index in [-0.39, 0.29) is 0 Å². The molecule has 0 amide bonds. The van der Waals surface area contributed by atoms with E-state index in [1.807, 2.05) is 29.6 Å². The first-order valence-electron chi connectivity index (χ1n) is 7.61. The molecule has 0 saturated carbocycles. The monoisotopic (exact) mass is 289 g/mol. The summed E-state index contributed by atoms with van der Waals surface area (Å²) in [7, 11) is 0. The lowest BCUT2D eigenvalue weighted by Crippen LogP contribution is -2.15. The van der Waals surface area contributed by atoms with Crippen molar-refractivity contribution in [3.8, 4) is 0 Å². The fourth-order valence-electron chi connectivity index (χ4n) is 2.68. The highest BCUT2D eigenvalue weighted by atomic mass is 16.5. The molecule has 3 rings (SSSR count). The number of hydrogen-bond donors (Lipinski definition) is 1. The maximum absolute atomic E-state index is 5.63. The molecule has 1 saturated heterocycles. The quantitative estimate of drug-likeness (QED) is 0.887. The minimum absolute atomic E-state index is 0.320. The van der Waals surface area contributed by atoms with Crippen LogP contribution in [0, 0.1) is 0 Å². The van der Waals surface area contributed by atoms with Gasteiger partial charge in [0.05, 0.1) is 43.1 Å². The molecule has 0 aromatic carbocycles. The number of rotatable bonds is 6. The largest absolute Gasteiger partial charge is 0.377 e. The van der Waals surface area contributed by atoms with Gasteiger partial charge in [-0.25, -0.2) is 4.98 Å². The van der Waals surface area contributed by atoms with E-state index in [2.05, 4.69) is 33.8 Å². The predicted molar refractivity (Wildman–Crippen MR) is 81.1 cm³/mol. The summed E-state index contributed by atoms with van der Waals surface area (Å²) >= 11 is 0. The Morgan fingerprint density at radius 2 is 2.33 bits per heavy atom. The zero-order valence-electron chi connectivity index (χ0n) is 12.7. The van der Waals surface area contributed by atoms with Crippen LogP contribution in [0.15, 0.2) is 24.9 Å². The Hall–Kier alpha value is -1.82. The number of hydrogen-bond acceptors (Lipinski definition) is 4. The maximum Gasteiger partial charge on any atom is 0.0951 e. The maximum atomic E-state index is 5.63. The zero-order chi connectivity index (χ0) is 14.7. The van der Waals surface area contributed by atoms with Crippen LogP contribution < -0.4 is 5.32 Å². The van der Waals surface area contributed by atoms with Gasteiger partial charge in [-0.05, 0) is 26.7 Å². The van der Waals surface area contributed by atoms with Gasteiger partial charge in [0.15, 0.2) is 0 Å². The molecule has 3 heterocycles. The Morgan fingerprint density at radius 1 is 1.43 bits per heavy atom. The Morgan fingerprint density at radius 3 is 3.10 bits per heavy atom. The second-order valence-corrected chi connectivity index (χ2v) is 5.83. The molecule has 1 unspecified atom stereocenters. The third kappa shape index (κ3) is 3.44. The van der Waals surface area contributed by atoms with E-state index in [1.54, 1.807) is 0 Å². The fraction of sp³-hybridized carbons (Fsp3) is 0.600. The van der Waals surface area contributed by atoms with Crippen LogP contribution in [0.1, 0.15) is 38.4 Å². The van der Waals surface area contributed by atoms with Gasteiger partial charge in [-0.15, -0.1) is 0 Å². The Balaban J connectivity index is 1.55. The van der Waals surface area contributed by atoms with Gasteiger partial charge in [-0.3, -0.25) is 4.68 Å². The molecule has 1 atom stereocenters. The summed E-state index contributed by atoms with van der Waals surface area (Å²) < 4.78 is 9.76. The first kappa shape index (κ1) is 14.1. The van der Waals surface area contributed by atoms with Crippen molar-refractivity contribution < 1.29 is 4.74 Å². The summed E-state index contributed by atoms with van der Waals surface area (Å²) in [5.41, 5.74) is 2.21. The lowest BCUT2D eigenvalue weighted by atomic mass is 10.2. The molecule has 1 aliphatic rings. The van der Waals surface area contributed by atoms with Crippen LogP contribution in [0.2, 0.25) is 0 Å². The summed E-state index contributed by atoms with van der Waals surface area (Å²) in [4.78, 5) is 4.21. The van der Waals surface area contributed by atoms with E-state index in [0.717, 1.165) is 38.2 Å². The molecule has 1 aliphatic heterocycles. The summed E-state index contributed by atoms with van der Waals surface area (Å²) in [6.45, 7) is 6.79. The average molecular weight is 289 g/mol. The molecule has 0 bridgehead atoms. The van der Waals surface area contributed by atoms with Crippen molar-refractivity contribution in [1.82, 2.24) is 19.3 Å². The van der Waals surface area contributed by atoms with E-state index in [1.165, 1.54) is 5.69 Å². The molecule has 1 fully saturated rings. The molecule has 0 aliphatic carbocycles. The van der Waals surface area contributed by atoms with Crippen molar-refractivity contribution in [3.63, 3.8) is 0 Å². The van der Waals surface area contributed by atoms with E-state index in [4.69, 9.17) is 4.74 Å². The molecule has 0 radical (unpaired) electrons. The molecule has 114 valence electrons. The van der Waals surface area contributed by atoms with E-state index < -0.39 is 0 Å². The first-order chi connectivity index (χ1) is 10.2. The van der Waals surface area contributed by atoms with Crippen molar-refractivity contribution in [3.05, 3.63) is 30.6 Å². The van der Waals surface area contributed by atoms with Gasteiger partial charge < -0.3 is 14.6 Å². The van der Waals surface area contributed by atoms with Crippen molar-refractivity contribution >= 4 is 5.69 Å². The predicted octanol–water partition coefficient (Wildman–Crippen LogP) is 2.45.